The molecule has 40 heavy (non-hydrogen) atoms. The lowest BCUT2D eigenvalue weighted by molar-refractivity contribution is -0.00888. The molecule has 0 unspecified atom stereocenters. The van der Waals surface area contributed by atoms with E-state index in [1.54, 1.807) is 24.1 Å². The van der Waals surface area contributed by atoms with E-state index in [-0.39, 0.29) is 50.4 Å². The molecule has 1 aromatic heterocycles. The number of carbonyl (C=O) groups excluding carboxylic acids is 1. The highest BCUT2D eigenvalue weighted by molar-refractivity contribution is 5.93. The highest BCUT2D eigenvalue weighted by Crippen LogP contribution is 2.35. The Morgan fingerprint density at radius 2 is 1.65 bits per heavy atom. The zero-order valence-corrected chi connectivity index (χ0v) is 23.1. The monoisotopic (exact) mass is 550 g/mol. The van der Waals surface area contributed by atoms with Gasteiger partial charge in [-0.1, -0.05) is 37.3 Å². The van der Waals surface area contributed by atoms with Gasteiger partial charge < -0.3 is 34.4 Å². The number of likely N-dealkylation sites (tertiary alicyclic amines) is 1. The van der Waals surface area contributed by atoms with Crippen molar-refractivity contribution in [1.29, 1.82) is 0 Å². The molecule has 3 aromatic rings. The van der Waals surface area contributed by atoms with Crippen molar-refractivity contribution < 1.29 is 34.3 Å². The van der Waals surface area contributed by atoms with Crippen LogP contribution in [0.3, 0.4) is 0 Å². The number of hydrogen-bond donors (Lipinski definition) is 3. The molecule has 0 spiro atoms. The summed E-state index contributed by atoms with van der Waals surface area (Å²) in [6, 6.07) is 17.5. The maximum absolute atomic E-state index is 13.0. The van der Waals surface area contributed by atoms with E-state index in [0.29, 0.717) is 36.9 Å². The number of amides is 1. The lowest BCUT2D eigenvalue weighted by Crippen LogP contribution is -2.48. The minimum absolute atomic E-state index is 0.164. The van der Waals surface area contributed by atoms with Crippen LogP contribution in [0, 0.1) is 5.41 Å². The molecule has 0 saturated carbocycles. The van der Waals surface area contributed by atoms with E-state index < -0.39 is 5.41 Å². The maximum atomic E-state index is 13.0. The highest BCUT2D eigenvalue weighted by Gasteiger charge is 2.33. The first-order valence-corrected chi connectivity index (χ1v) is 13.5. The molecule has 9 nitrogen and oxygen atoms in total. The third-order valence-electron chi connectivity index (χ3n) is 7.51. The lowest BCUT2D eigenvalue weighted by Gasteiger charge is -2.39. The predicted molar refractivity (Wildman–Crippen MR) is 150 cm³/mol. The minimum atomic E-state index is -1.01. The molecule has 1 aliphatic heterocycles. The average molecular weight is 551 g/mol. The zero-order valence-electron chi connectivity index (χ0n) is 23.1. The summed E-state index contributed by atoms with van der Waals surface area (Å²) in [5.74, 6) is 1.79. The normalized spacial score (nSPS) is 13.6. The van der Waals surface area contributed by atoms with Gasteiger partial charge >= 0.3 is 0 Å². The van der Waals surface area contributed by atoms with Gasteiger partial charge in [-0.3, -0.25) is 9.78 Å². The Kier molecular flexibility index (Phi) is 9.98. The Bertz CT molecular complexity index is 1250. The second kappa shape index (κ2) is 13.6. The van der Waals surface area contributed by atoms with Crippen molar-refractivity contribution in [3.8, 4) is 17.2 Å². The molecule has 2 heterocycles. The second-order valence-electron chi connectivity index (χ2n) is 10.2. The number of ether oxygens (including phenoxy) is 3. The van der Waals surface area contributed by atoms with E-state index in [1.165, 1.54) is 11.8 Å². The number of pyridine rings is 1. The molecule has 0 bridgehead atoms. The van der Waals surface area contributed by atoms with Crippen LogP contribution in [0.1, 0.15) is 46.4 Å². The summed E-state index contributed by atoms with van der Waals surface area (Å²) in [7, 11) is 1.62. The Hall–Kier alpha value is -3.66. The molecule has 9 heteroatoms. The molecule has 1 amide bonds. The van der Waals surface area contributed by atoms with E-state index in [4.69, 9.17) is 14.2 Å². The molecule has 4 rings (SSSR count). The quantitative estimate of drug-likeness (QED) is 0.280. The molecule has 1 aliphatic rings. The van der Waals surface area contributed by atoms with Crippen LogP contribution in [0.5, 0.6) is 17.2 Å². The van der Waals surface area contributed by atoms with Crippen molar-refractivity contribution in [1.82, 2.24) is 9.88 Å². The third-order valence-corrected chi connectivity index (χ3v) is 7.51. The Balaban J connectivity index is 1.30. The van der Waals surface area contributed by atoms with E-state index in [0.717, 1.165) is 17.5 Å². The van der Waals surface area contributed by atoms with Crippen molar-refractivity contribution in [3.05, 3.63) is 83.2 Å². The van der Waals surface area contributed by atoms with Crippen LogP contribution in [0.25, 0.3) is 0 Å². The Morgan fingerprint density at radius 1 is 0.950 bits per heavy atom. The SMILES string of the molecule is CCc1ccc(COc2ccc(C3CN(C(=O)c4cc(OCCC(CO)(CO)CO)ccn4)C3)cc2OC)cc1. The van der Waals surface area contributed by atoms with Crippen LogP contribution in [0.15, 0.2) is 60.8 Å². The summed E-state index contributed by atoms with van der Waals surface area (Å²) in [5, 5.41) is 28.4. The third kappa shape index (κ3) is 6.91. The number of hydrogen-bond acceptors (Lipinski definition) is 8. The summed E-state index contributed by atoms with van der Waals surface area (Å²) in [6.07, 6.45) is 2.77. The van der Waals surface area contributed by atoms with Crippen LogP contribution in [-0.4, -0.2) is 77.7 Å². The molecular weight excluding hydrogens is 512 g/mol. The van der Waals surface area contributed by atoms with Crippen molar-refractivity contribution in [2.75, 3.05) is 46.6 Å². The van der Waals surface area contributed by atoms with Crippen LogP contribution in [0.4, 0.5) is 0 Å². The Labute approximate surface area is 235 Å². The largest absolute Gasteiger partial charge is 0.493 e. The maximum Gasteiger partial charge on any atom is 0.272 e. The minimum Gasteiger partial charge on any atom is -0.493 e. The van der Waals surface area contributed by atoms with Crippen molar-refractivity contribution in [2.45, 2.75) is 32.3 Å². The number of rotatable bonds is 14. The fraction of sp³-hybridized carbons (Fsp3) is 0.419. The van der Waals surface area contributed by atoms with E-state index in [1.807, 2.05) is 18.2 Å². The zero-order chi connectivity index (χ0) is 28.5. The molecular formula is C31H38N2O7. The Morgan fingerprint density at radius 3 is 2.30 bits per heavy atom. The van der Waals surface area contributed by atoms with Gasteiger partial charge in [0.1, 0.15) is 18.1 Å². The fourth-order valence-electron chi connectivity index (χ4n) is 4.50. The van der Waals surface area contributed by atoms with Gasteiger partial charge in [0, 0.05) is 36.7 Å². The number of carbonyl (C=O) groups is 1. The number of aliphatic hydroxyl groups is 3. The number of benzene rings is 2. The number of aryl methyl sites for hydroxylation is 1. The fourth-order valence-corrected chi connectivity index (χ4v) is 4.50. The summed E-state index contributed by atoms with van der Waals surface area (Å²) in [4.78, 5) is 19.0. The number of nitrogens with zero attached hydrogens (tertiary/aromatic N) is 2. The molecule has 2 aromatic carbocycles. The number of methoxy groups -OCH3 is 1. The van der Waals surface area contributed by atoms with Crippen LogP contribution in [-0.2, 0) is 13.0 Å². The molecule has 214 valence electrons. The first kappa shape index (κ1) is 29.3. The summed E-state index contributed by atoms with van der Waals surface area (Å²) >= 11 is 0. The first-order valence-electron chi connectivity index (χ1n) is 13.5. The van der Waals surface area contributed by atoms with E-state index in [2.05, 4.69) is 36.2 Å². The van der Waals surface area contributed by atoms with E-state index >= 15 is 0 Å². The van der Waals surface area contributed by atoms with Crippen molar-refractivity contribution >= 4 is 5.91 Å². The second-order valence-corrected chi connectivity index (χ2v) is 10.2. The van der Waals surface area contributed by atoms with Gasteiger partial charge in [0.15, 0.2) is 11.5 Å². The summed E-state index contributed by atoms with van der Waals surface area (Å²) in [6.45, 7) is 2.81. The molecule has 0 radical (unpaired) electrons. The standard InChI is InChI=1S/C31H38N2O7/c1-3-22-4-6-23(7-5-22)18-40-28-9-8-24(14-29(28)38-2)25-16-33(17-25)30(37)27-15-26(10-12-32-27)39-13-11-31(19-34,20-35)21-36/h4-10,12,14-15,25,34-36H,3,11,13,16-21H2,1-2H3. The molecule has 3 N–H and O–H groups in total. The van der Waals surface area contributed by atoms with Crippen molar-refractivity contribution in [2.24, 2.45) is 5.41 Å². The average Bonchev–Trinajstić information content (AvgIpc) is 2.98. The molecule has 1 saturated heterocycles. The van der Waals surface area contributed by atoms with Gasteiger partial charge in [-0.05, 0) is 47.7 Å². The number of aromatic nitrogens is 1. The van der Waals surface area contributed by atoms with E-state index in [9.17, 15) is 20.1 Å². The first-order chi connectivity index (χ1) is 19.4. The van der Waals surface area contributed by atoms with Gasteiger partial charge in [-0.2, -0.15) is 0 Å². The van der Waals surface area contributed by atoms with Crippen molar-refractivity contribution in [3.63, 3.8) is 0 Å². The summed E-state index contributed by atoms with van der Waals surface area (Å²) in [5.41, 5.74) is 2.73. The molecule has 0 atom stereocenters. The van der Waals surface area contributed by atoms with Crippen LogP contribution < -0.4 is 14.2 Å². The topological polar surface area (TPSA) is 122 Å². The molecule has 1 fully saturated rings. The smallest absolute Gasteiger partial charge is 0.272 e. The van der Waals surface area contributed by atoms with Gasteiger partial charge in [0.25, 0.3) is 5.91 Å². The predicted octanol–water partition coefficient (Wildman–Crippen LogP) is 3.20. The summed E-state index contributed by atoms with van der Waals surface area (Å²) < 4.78 is 17.3. The van der Waals surface area contributed by atoms with Gasteiger partial charge in [0.2, 0.25) is 0 Å². The van der Waals surface area contributed by atoms with Gasteiger partial charge in [0.05, 0.1) is 33.5 Å². The lowest BCUT2D eigenvalue weighted by atomic mass is 9.88. The van der Waals surface area contributed by atoms with Crippen LogP contribution >= 0.6 is 0 Å². The van der Waals surface area contributed by atoms with Gasteiger partial charge in [-0.25, -0.2) is 0 Å². The van der Waals surface area contributed by atoms with Crippen LogP contribution in [0.2, 0.25) is 0 Å². The molecule has 0 aliphatic carbocycles. The number of aliphatic hydroxyl groups excluding tert-OH is 3. The highest BCUT2D eigenvalue weighted by atomic mass is 16.5. The van der Waals surface area contributed by atoms with Gasteiger partial charge in [-0.15, -0.1) is 0 Å².